The van der Waals surface area contributed by atoms with Crippen molar-refractivity contribution in [2.75, 3.05) is 5.75 Å². The van der Waals surface area contributed by atoms with Gasteiger partial charge in [0.1, 0.15) is 0 Å². The third-order valence-corrected chi connectivity index (χ3v) is 3.17. The molecule has 1 rings (SSSR count). The van der Waals surface area contributed by atoms with Gasteiger partial charge in [0.2, 0.25) is 15.7 Å². The standard InChI is InChI=1S/C8H10F2N2O3S/c1-2-7-11-12-8(15-7)16(13,14)5-3-4-6(9)10/h4H,2-3,5H2,1H3. The van der Waals surface area contributed by atoms with Crippen LogP contribution in [0.1, 0.15) is 19.2 Å². The quantitative estimate of drug-likeness (QED) is 0.795. The van der Waals surface area contributed by atoms with Crippen molar-refractivity contribution in [3.05, 3.63) is 18.0 Å². The Morgan fingerprint density at radius 1 is 1.44 bits per heavy atom. The molecule has 8 heteroatoms. The first-order chi connectivity index (χ1) is 7.45. The molecule has 0 spiro atoms. The van der Waals surface area contributed by atoms with Crippen molar-refractivity contribution >= 4 is 9.84 Å². The molecule has 0 aliphatic rings. The van der Waals surface area contributed by atoms with Crippen LogP contribution in [0.4, 0.5) is 8.78 Å². The van der Waals surface area contributed by atoms with Gasteiger partial charge in [0.25, 0.3) is 6.08 Å². The molecule has 1 heterocycles. The second kappa shape index (κ2) is 5.15. The second-order valence-electron chi connectivity index (χ2n) is 2.92. The Morgan fingerprint density at radius 2 is 2.12 bits per heavy atom. The monoisotopic (exact) mass is 252 g/mol. The number of aromatic nitrogens is 2. The van der Waals surface area contributed by atoms with Gasteiger partial charge in [-0.2, -0.15) is 8.78 Å². The summed E-state index contributed by atoms with van der Waals surface area (Å²) in [6.07, 6.45) is -1.24. The molecule has 0 amide bonds. The van der Waals surface area contributed by atoms with E-state index in [1.807, 2.05) is 0 Å². The fourth-order valence-corrected chi connectivity index (χ4v) is 1.91. The zero-order valence-electron chi connectivity index (χ0n) is 8.48. The Balaban J connectivity index is 2.74. The Morgan fingerprint density at radius 3 is 2.62 bits per heavy atom. The van der Waals surface area contributed by atoms with Crippen molar-refractivity contribution in [1.29, 1.82) is 0 Å². The van der Waals surface area contributed by atoms with Gasteiger partial charge >= 0.3 is 5.22 Å². The number of hydrogen-bond donors (Lipinski definition) is 0. The summed E-state index contributed by atoms with van der Waals surface area (Å²) in [4.78, 5) is 0. The van der Waals surface area contributed by atoms with Gasteiger partial charge in [-0.1, -0.05) is 12.0 Å². The maximum absolute atomic E-state index is 11.7. The highest BCUT2D eigenvalue weighted by Crippen LogP contribution is 2.11. The van der Waals surface area contributed by atoms with Crippen LogP contribution >= 0.6 is 0 Å². The van der Waals surface area contributed by atoms with E-state index in [1.54, 1.807) is 6.92 Å². The summed E-state index contributed by atoms with van der Waals surface area (Å²) in [5, 5.41) is 6.31. The minimum Gasteiger partial charge on any atom is -0.413 e. The third-order valence-electron chi connectivity index (χ3n) is 1.70. The second-order valence-corrected chi connectivity index (χ2v) is 4.90. The van der Waals surface area contributed by atoms with Gasteiger partial charge in [-0.15, -0.1) is 5.10 Å². The van der Waals surface area contributed by atoms with Crippen LogP contribution in [-0.4, -0.2) is 24.4 Å². The number of aryl methyl sites for hydroxylation is 1. The smallest absolute Gasteiger partial charge is 0.335 e. The molecular weight excluding hydrogens is 242 g/mol. The van der Waals surface area contributed by atoms with E-state index in [4.69, 9.17) is 4.42 Å². The number of rotatable bonds is 5. The SMILES string of the molecule is CCc1nnc(S(=O)(=O)CCC=C(F)F)o1. The van der Waals surface area contributed by atoms with Crippen LogP contribution in [0.2, 0.25) is 0 Å². The molecule has 0 radical (unpaired) electrons. The summed E-state index contributed by atoms with van der Waals surface area (Å²) < 4.78 is 51.2. The predicted molar refractivity (Wildman–Crippen MR) is 50.6 cm³/mol. The average molecular weight is 252 g/mol. The molecule has 0 aliphatic carbocycles. The van der Waals surface area contributed by atoms with Crippen LogP contribution in [0.25, 0.3) is 0 Å². The zero-order chi connectivity index (χ0) is 12.2. The van der Waals surface area contributed by atoms with E-state index in [1.165, 1.54) is 0 Å². The van der Waals surface area contributed by atoms with Gasteiger partial charge in [-0.25, -0.2) is 8.42 Å². The summed E-state index contributed by atoms with van der Waals surface area (Å²) in [6.45, 7) is 1.73. The summed E-state index contributed by atoms with van der Waals surface area (Å²) in [5.74, 6) is -0.277. The highest BCUT2D eigenvalue weighted by Gasteiger charge is 2.21. The Kier molecular flexibility index (Phi) is 4.11. The number of sulfone groups is 1. The molecule has 90 valence electrons. The van der Waals surface area contributed by atoms with Gasteiger partial charge in [0.05, 0.1) is 5.75 Å². The van der Waals surface area contributed by atoms with Crippen LogP contribution in [0.3, 0.4) is 0 Å². The van der Waals surface area contributed by atoms with Gasteiger partial charge in [-0.05, 0) is 12.5 Å². The van der Waals surface area contributed by atoms with Gasteiger partial charge in [0.15, 0.2) is 0 Å². The highest BCUT2D eigenvalue weighted by molar-refractivity contribution is 7.91. The fourth-order valence-electron chi connectivity index (χ4n) is 0.917. The van der Waals surface area contributed by atoms with Crippen LogP contribution < -0.4 is 0 Å². The lowest BCUT2D eigenvalue weighted by molar-refractivity contribution is 0.399. The lowest BCUT2D eigenvalue weighted by Gasteiger charge is -1.94. The number of halogens is 2. The molecular formula is C8H10F2N2O3S. The molecule has 0 saturated carbocycles. The molecule has 0 fully saturated rings. The Hall–Kier alpha value is -1.31. The topological polar surface area (TPSA) is 73.1 Å². The third kappa shape index (κ3) is 3.37. The maximum Gasteiger partial charge on any atom is 0.335 e. The molecule has 5 nitrogen and oxygen atoms in total. The first-order valence-electron chi connectivity index (χ1n) is 4.52. The van der Waals surface area contributed by atoms with E-state index in [-0.39, 0.29) is 12.3 Å². The molecule has 0 aliphatic heterocycles. The summed E-state index contributed by atoms with van der Waals surface area (Å²) in [6, 6.07) is 0. The summed E-state index contributed by atoms with van der Waals surface area (Å²) in [7, 11) is -3.76. The van der Waals surface area contributed by atoms with Crippen LogP contribution in [-0.2, 0) is 16.3 Å². The molecule has 0 atom stereocenters. The minimum absolute atomic E-state index is 0.200. The zero-order valence-corrected chi connectivity index (χ0v) is 9.30. The van der Waals surface area contributed by atoms with Crippen molar-refractivity contribution in [3.8, 4) is 0 Å². The number of hydrogen-bond acceptors (Lipinski definition) is 5. The largest absolute Gasteiger partial charge is 0.413 e. The van der Waals surface area contributed by atoms with Crippen molar-refractivity contribution in [1.82, 2.24) is 10.2 Å². The summed E-state index contributed by atoms with van der Waals surface area (Å²) >= 11 is 0. The predicted octanol–water partition coefficient (Wildman–Crippen LogP) is 1.58. The molecule has 1 aromatic rings. The minimum atomic E-state index is -3.76. The van der Waals surface area contributed by atoms with Crippen molar-refractivity contribution in [2.45, 2.75) is 25.0 Å². The van der Waals surface area contributed by atoms with Gasteiger partial charge in [-0.3, -0.25) is 0 Å². The Bertz CT molecular complexity index is 477. The Labute approximate surface area is 91.1 Å². The highest BCUT2D eigenvalue weighted by atomic mass is 32.2. The van der Waals surface area contributed by atoms with Crippen LogP contribution in [0.5, 0.6) is 0 Å². The van der Waals surface area contributed by atoms with E-state index in [0.717, 1.165) is 0 Å². The number of allylic oxidation sites excluding steroid dienone is 1. The van der Waals surface area contributed by atoms with Gasteiger partial charge < -0.3 is 4.42 Å². The van der Waals surface area contributed by atoms with E-state index >= 15 is 0 Å². The van der Waals surface area contributed by atoms with Crippen LogP contribution in [0, 0.1) is 0 Å². The van der Waals surface area contributed by atoms with Crippen molar-refractivity contribution in [2.24, 2.45) is 0 Å². The number of nitrogens with zero attached hydrogens (tertiary/aromatic N) is 2. The first kappa shape index (κ1) is 12.8. The fraction of sp³-hybridized carbons (Fsp3) is 0.500. The molecule has 0 N–H and O–H groups in total. The van der Waals surface area contributed by atoms with Crippen molar-refractivity contribution in [3.63, 3.8) is 0 Å². The van der Waals surface area contributed by atoms with E-state index < -0.39 is 26.9 Å². The van der Waals surface area contributed by atoms with Crippen LogP contribution in [0.15, 0.2) is 21.8 Å². The first-order valence-corrected chi connectivity index (χ1v) is 6.17. The maximum atomic E-state index is 11.7. The molecule has 16 heavy (non-hydrogen) atoms. The lowest BCUT2D eigenvalue weighted by Crippen LogP contribution is -2.06. The van der Waals surface area contributed by atoms with E-state index in [2.05, 4.69) is 10.2 Å². The molecule has 0 saturated heterocycles. The molecule has 0 aromatic carbocycles. The lowest BCUT2D eigenvalue weighted by atomic mass is 10.5. The summed E-state index contributed by atoms with van der Waals surface area (Å²) in [5.41, 5.74) is 0. The average Bonchev–Trinajstić information content (AvgIpc) is 2.65. The normalized spacial score (nSPS) is 11.4. The molecule has 0 unspecified atom stereocenters. The van der Waals surface area contributed by atoms with Gasteiger partial charge in [0, 0.05) is 6.42 Å². The van der Waals surface area contributed by atoms with E-state index in [9.17, 15) is 17.2 Å². The molecule has 1 aromatic heterocycles. The molecule has 0 bridgehead atoms. The van der Waals surface area contributed by atoms with E-state index in [0.29, 0.717) is 12.5 Å². The van der Waals surface area contributed by atoms with Crippen molar-refractivity contribution < 1.29 is 21.6 Å².